The van der Waals surface area contributed by atoms with Gasteiger partial charge in [0, 0.05) is 11.8 Å². The second-order valence-corrected chi connectivity index (χ2v) is 6.52. The molecule has 3 rings (SSSR count). The van der Waals surface area contributed by atoms with E-state index < -0.39 is 24.0 Å². The minimum Gasteiger partial charge on any atom is -0.472 e. The van der Waals surface area contributed by atoms with Crippen molar-refractivity contribution in [3.63, 3.8) is 0 Å². The van der Waals surface area contributed by atoms with Gasteiger partial charge in [-0.2, -0.15) is 0 Å². The summed E-state index contributed by atoms with van der Waals surface area (Å²) in [6.45, 7) is 1.53. The molecule has 7 heteroatoms. The van der Waals surface area contributed by atoms with Crippen LogP contribution in [-0.4, -0.2) is 42.3 Å². The van der Waals surface area contributed by atoms with Crippen LogP contribution >= 0.6 is 0 Å². The summed E-state index contributed by atoms with van der Waals surface area (Å²) >= 11 is 0. The Morgan fingerprint density at radius 1 is 1.07 bits per heavy atom. The summed E-state index contributed by atoms with van der Waals surface area (Å²) in [4.78, 5) is 34.4. The predicted octanol–water partition coefficient (Wildman–Crippen LogP) is 2.12. The first-order chi connectivity index (χ1) is 14.0. The zero-order chi connectivity index (χ0) is 20.8. The number of benzene rings is 2. The molecule has 1 aliphatic carbocycles. The first-order valence-electron chi connectivity index (χ1n) is 9.08. The Bertz CT molecular complexity index is 960. The maximum Gasteiger partial charge on any atom is 0.407 e. The Hall–Kier alpha value is -3.79. The standard InChI is InChI=1S/C22H20N2O5/c1-14(21(27)23-12-6-11-20(25)26)24-22(28)29-13-19-17-9-4-2-7-15(17)16-8-3-5-10-18(16)19/h2-5,7-10,14,19H,12-13H2,1H3,(H,23,27)(H,24,28)(H,25,26). The van der Waals surface area contributed by atoms with Gasteiger partial charge >= 0.3 is 12.1 Å². The fourth-order valence-electron chi connectivity index (χ4n) is 3.29. The van der Waals surface area contributed by atoms with Crippen LogP contribution in [0.15, 0.2) is 48.5 Å². The number of fused-ring (bicyclic) bond motifs is 3. The van der Waals surface area contributed by atoms with E-state index in [0.717, 1.165) is 22.3 Å². The number of carboxylic acids is 1. The second kappa shape index (κ2) is 8.93. The van der Waals surface area contributed by atoms with Gasteiger partial charge in [-0.3, -0.25) is 4.79 Å². The number of hydrogen-bond donors (Lipinski definition) is 3. The Kier molecular flexibility index (Phi) is 6.15. The van der Waals surface area contributed by atoms with Gasteiger partial charge in [-0.25, -0.2) is 9.59 Å². The second-order valence-electron chi connectivity index (χ2n) is 6.52. The van der Waals surface area contributed by atoms with Gasteiger partial charge in [-0.1, -0.05) is 54.5 Å². The fraction of sp³-hybridized carbons (Fsp3) is 0.227. The van der Waals surface area contributed by atoms with Gasteiger partial charge in [-0.15, -0.1) is 0 Å². The third kappa shape index (κ3) is 4.74. The SMILES string of the molecule is CC(NC(=O)OCC1c2ccccc2-c2ccccc21)C(=O)NCC#CC(=O)O. The topological polar surface area (TPSA) is 105 Å². The molecule has 0 fully saturated rings. The highest BCUT2D eigenvalue weighted by Gasteiger charge is 2.29. The molecule has 29 heavy (non-hydrogen) atoms. The first-order valence-corrected chi connectivity index (χ1v) is 9.08. The minimum absolute atomic E-state index is 0.0661. The summed E-state index contributed by atoms with van der Waals surface area (Å²) in [5.41, 5.74) is 4.47. The van der Waals surface area contributed by atoms with Crippen LogP contribution < -0.4 is 10.6 Å². The van der Waals surface area contributed by atoms with Crippen molar-refractivity contribution in [2.45, 2.75) is 18.9 Å². The van der Waals surface area contributed by atoms with E-state index in [1.54, 1.807) is 0 Å². The molecule has 0 saturated heterocycles. The highest BCUT2D eigenvalue weighted by atomic mass is 16.5. The van der Waals surface area contributed by atoms with Gasteiger partial charge in [0.05, 0.1) is 6.54 Å². The lowest BCUT2D eigenvalue weighted by molar-refractivity contribution is -0.130. The van der Waals surface area contributed by atoms with E-state index in [1.165, 1.54) is 6.92 Å². The van der Waals surface area contributed by atoms with Crippen LogP contribution in [0, 0.1) is 11.8 Å². The number of nitrogens with one attached hydrogen (secondary N) is 2. The van der Waals surface area contributed by atoms with Gasteiger partial charge in [0.1, 0.15) is 12.6 Å². The zero-order valence-electron chi connectivity index (χ0n) is 15.8. The molecule has 2 amide bonds. The lowest BCUT2D eigenvalue weighted by Gasteiger charge is -2.16. The van der Waals surface area contributed by atoms with E-state index in [4.69, 9.17) is 9.84 Å². The molecule has 2 aromatic carbocycles. The molecule has 1 atom stereocenters. The minimum atomic E-state index is -1.27. The third-order valence-corrected chi connectivity index (χ3v) is 4.62. The predicted molar refractivity (Wildman–Crippen MR) is 106 cm³/mol. The molecule has 7 nitrogen and oxygen atoms in total. The number of carboxylic acid groups (broad SMARTS) is 1. The molecule has 0 aliphatic heterocycles. The molecule has 1 unspecified atom stereocenters. The lowest BCUT2D eigenvalue weighted by Crippen LogP contribution is -2.45. The van der Waals surface area contributed by atoms with Gasteiger partial charge in [0.15, 0.2) is 0 Å². The van der Waals surface area contributed by atoms with Gasteiger partial charge in [0.2, 0.25) is 5.91 Å². The van der Waals surface area contributed by atoms with Gasteiger partial charge < -0.3 is 20.5 Å². The van der Waals surface area contributed by atoms with Crippen LogP contribution in [0.4, 0.5) is 4.79 Å². The third-order valence-electron chi connectivity index (χ3n) is 4.62. The molecule has 3 N–H and O–H groups in total. The molecule has 0 spiro atoms. The van der Waals surface area contributed by atoms with E-state index in [0.29, 0.717) is 0 Å². The normalized spacial score (nSPS) is 12.6. The molecule has 0 saturated carbocycles. The maximum atomic E-state index is 12.1. The molecule has 2 aromatic rings. The van der Waals surface area contributed by atoms with Crippen molar-refractivity contribution >= 4 is 18.0 Å². The number of hydrogen-bond acceptors (Lipinski definition) is 4. The van der Waals surface area contributed by atoms with Crippen molar-refractivity contribution in [2.75, 3.05) is 13.2 Å². The highest BCUT2D eigenvalue weighted by Crippen LogP contribution is 2.44. The summed E-state index contributed by atoms with van der Waals surface area (Å²) < 4.78 is 5.38. The van der Waals surface area contributed by atoms with Crippen molar-refractivity contribution in [1.29, 1.82) is 0 Å². The number of aliphatic carboxylic acids is 1. The highest BCUT2D eigenvalue weighted by molar-refractivity contribution is 5.87. The Morgan fingerprint density at radius 2 is 1.66 bits per heavy atom. The zero-order valence-corrected chi connectivity index (χ0v) is 15.8. The fourth-order valence-corrected chi connectivity index (χ4v) is 3.29. The smallest absolute Gasteiger partial charge is 0.407 e. The molecule has 0 heterocycles. The van der Waals surface area contributed by atoms with E-state index in [2.05, 4.69) is 16.6 Å². The number of carbonyl (C=O) groups is 3. The summed E-state index contributed by atoms with van der Waals surface area (Å²) in [7, 11) is 0. The number of carbonyl (C=O) groups excluding carboxylic acids is 2. The van der Waals surface area contributed by atoms with Crippen LogP contribution in [0.25, 0.3) is 11.1 Å². The van der Waals surface area contributed by atoms with E-state index >= 15 is 0 Å². The van der Waals surface area contributed by atoms with Crippen molar-refractivity contribution in [3.05, 3.63) is 59.7 Å². The van der Waals surface area contributed by atoms with Crippen LogP contribution in [0.2, 0.25) is 0 Å². The van der Waals surface area contributed by atoms with Crippen molar-refractivity contribution in [2.24, 2.45) is 0 Å². The van der Waals surface area contributed by atoms with E-state index in [9.17, 15) is 14.4 Å². The van der Waals surface area contributed by atoms with Crippen LogP contribution in [0.5, 0.6) is 0 Å². The molecule has 148 valence electrons. The summed E-state index contributed by atoms with van der Waals surface area (Å²) in [6, 6.07) is 15.2. The molecular formula is C22H20N2O5. The molecule has 0 bridgehead atoms. The Labute approximate surface area is 168 Å². The molecular weight excluding hydrogens is 372 g/mol. The van der Waals surface area contributed by atoms with Gasteiger partial charge in [-0.05, 0) is 29.2 Å². The summed E-state index contributed by atoms with van der Waals surface area (Å²) in [5.74, 6) is 2.34. The van der Waals surface area contributed by atoms with Gasteiger partial charge in [0.25, 0.3) is 0 Å². The summed E-state index contributed by atoms with van der Waals surface area (Å²) in [6.07, 6.45) is -0.703. The van der Waals surface area contributed by atoms with E-state index in [1.807, 2.05) is 54.5 Å². The lowest BCUT2D eigenvalue weighted by atomic mass is 9.98. The first kappa shape index (κ1) is 20.0. The average molecular weight is 392 g/mol. The largest absolute Gasteiger partial charge is 0.472 e. The number of alkyl carbamates (subject to hydrolysis) is 1. The van der Waals surface area contributed by atoms with Crippen LogP contribution in [0.3, 0.4) is 0 Å². The number of ether oxygens (including phenoxy) is 1. The van der Waals surface area contributed by atoms with Crippen LogP contribution in [-0.2, 0) is 14.3 Å². The van der Waals surface area contributed by atoms with Crippen molar-refractivity contribution < 1.29 is 24.2 Å². The molecule has 0 radical (unpaired) electrons. The quantitative estimate of drug-likeness (QED) is 0.676. The summed E-state index contributed by atoms with van der Waals surface area (Å²) in [5, 5.41) is 13.3. The molecule has 1 aliphatic rings. The monoisotopic (exact) mass is 392 g/mol. The van der Waals surface area contributed by atoms with Crippen molar-refractivity contribution in [3.8, 4) is 23.0 Å². The number of rotatable bonds is 5. The van der Waals surface area contributed by atoms with Crippen molar-refractivity contribution in [1.82, 2.24) is 10.6 Å². The van der Waals surface area contributed by atoms with E-state index in [-0.39, 0.29) is 19.1 Å². The Morgan fingerprint density at radius 3 is 2.24 bits per heavy atom. The van der Waals surface area contributed by atoms with Crippen LogP contribution in [0.1, 0.15) is 24.0 Å². The molecule has 0 aromatic heterocycles. The Balaban J connectivity index is 1.55. The average Bonchev–Trinajstić information content (AvgIpc) is 3.03. The number of amides is 2. The maximum absolute atomic E-state index is 12.1.